The summed E-state index contributed by atoms with van der Waals surface area (Å²) in [5, 5.41) is 12.4. The molecule has 4 aromatic rings. The van der Waals surface area contributed by atoms with E-state index in [2.05, 4.69) is 21.0 Å². The molecule has 5 atom stereocenters. The third-order valence-electron chi connectivity index (χ3n) is 9.63. The molecule has 1 amide bonds. The molecule has 0 bridgehead atoms. The van der Waals surface area contributed by atoms with E-state index in [4.69, 9.17) is 28.0 Å². The third kappa shape index (κ3) is 9.99. The van der Waals surface area contributed by atoms with Gasteiger partial charge in [-0.2, -0.15) is 5.26 Å². The molecule has 15 heteroatoms. The summed E-state index contributed by atoms with van der Waals surface area (Å²) < 4.78 is 41.7. The topological polar surface area (TPSA) is 166 Å². The Kier molecular flexibility index (Phi) is 15.2. The molecule has 0 saturated carbocycles. The van der Waals surface area contributed by atoms with Crippen LogP contribution < -0.4 is 26.0 Å². The maximum absolute atomic E-state index is 13.4. The van der Waals surface area contributed by atoms with E-state index in [-0.39, 0.29) is 44.0 Å². The minimum atomic E-state index is -1.87. The van der Waals surface area contributed by atoms with E-state index in [0.29, 0.717) is 11.5 Å². The highest BCUT2D eigenvalue weighted by atomic mass is 31.2. The zero-order valence-electron chi connectivity index (χ0n) is 33.4. The van der Waals surface area contributed by atoms with Crippen molar-refractivity contribution in [2.24, 2.45) is 0 Å². The second-order valence-electron chi connectivity index (χ2n) is 14.0. The predicted molar refractivity (Wildman–Crippen MR) is 216 cm³/mol. The van der Waals surface area contributed by atoms with Crippen molar-refractivity contribution in [1.82, 2.24) is 19.5 Å². The molecule has 14 nitrogen and oxygen atoms in total. The Morgan fingerprint density at radius 1 is 0.930 bits per heavy atom. The molecule has 1 aliphatic heterocycles. The molecule has 5 rings (SSSR count). The summed E-state index contributed by atoms with van der Waals surface area (Å²) in [4.78, 5) is 41.1. The highest BCUT2D eigenvalue weighted by molar-refractivity contribution is 7.44. The number of methoxy groups -OCH3 is 2. The first-order valence-corrected chi connectivity index (χ1v) is 20.1. The molecule has 304 valence electrons. The number of aromatic nitrogens is 2. The zero-order chi connectivity index (χ0) is 41.1. The molecular weight excluding hydrogens is 749 g/mol. The monoisotopic (exact) mass is 801 g/mol. The summed E-state index contributed by atoms with van der Waals surface area (Å²) in [6, 6.07) is 27.3. The summed E-state index contributed by atoms with van der Waals surface area (Å²) in [6.45, 7) is 9.80. The van der Waals surface area contributed by atoms with Gasteiger partial charge in [0.1, 0.15) is 35.3 Å². The van der Waals surface area contributed by atoms with Crippen molar-refractivity contribution < 1.29 is 32.8 Å². The fourth-order valence-electron chi connectivity index (χ4n) is 6.99. The van der Waals surface area contributed by atoms with Crippen LogP contribution in [0, 0.1) is 11.3 Å². The number of benzene rings is 3. The van der Waals surface area contributed by atoms with Crippen molar-refractivity contribution in [3.8, 4) is 17.6 Å². The third-order valence-corrected chi connectivity index (χ3v) is 11.8. The van der Waals surface area contributed by atoms with Gasteiger partial charge in [0.25, 0.3) is 14.1 Å². The van der Waals surface area contributed by atoms with Crippen molar-refractivity contribution in [2.75, 3.05) is 27.4 Å². The number of carbonyl (C=O) groups excluding carboxylic acids is 1. The Morgan fingerprint density at radius 3 is 2.02 bits per heavy atom. The number of nitriles is 1. The number of rotatable bonds is 19. The van der Waals surface area contributed by atoms with Gasteiger partial charge in [0, 0.05) is 30.8 Å². The average molecular weight is 802 g/mol. The van der Waals surface area contributed by atoms with Gasteiger partial charge in [-0.3, -0.25) is 19.1 Å². The summed E-state index contributed by atoms with van der Waals surface area (Å²) in [7, 11) is 1.34. The van der Waals surface area contributed by atoms with Gasteiger partial charge in [-0.15, -0.1) is 0 Å². The number of amides is 1. The Balaban J connectivity index is 1.69. The van der Waals surface area contributed by atoms with Crippen LogP contribution in [0.5, 0.6) is 11.5 Å². The van der Waals surface area contributed by atoms with Gasteiger partial charge >= 0.3 is 5.69 Å². The summed E-state index contributed by atoms with van der Waals surface area (Å²) in [5.74, 6) is 1.02. The lowest BCUT2D eigenvalue weighted by Crippen LogP contribution is -2.50. The Morgan fingerprint density at radius 2 is 1.51 bits per heavy atom. The fourth-order valence-corrected chi connectivity index (χ4v) is 8.77. The maximum atomic E-state index is 13.4. The minimum absolute atomic E-state index is 0.0348. The fraction of sp³-hybridized carbons (Fsp3) is 0.429. The zero-order valence-corrected chi connectivity index (χ0v) is 34.3. The van der Waals surface area contributed by atoms with Crippen LogP contribution >= 0.6 is 8.53 Å². The molecule has 1 aliphatic rings. The Labute approximate surface area is 334 Å². The first-order valence-electron chi connectivity index (χ1n) is 19.0. The maximum Gasteiger partial charge on any atom is 0.330 e. The molecule has 1 fully saturated rings. The number of H-pyrrole nitrogens is 1. The van der Waals surface area contributed by atoms with E-state index in [1.54, 1.807) is 21.1 Å². The van der Waals surface area contributed by atoms with E-state index in [0.717, 1.165) is 16.7 Å². The van der Waals surface area contributed by atoms with Crippen LogP contribution in [0.3, 0.4) is 0 Å². The van der Waals surface area contributed by atoms with Crippen molar-refractivity contribution in [3.05, 3.63) is 129 Å². The van der Waals surface area contributed by atoms with E-state index in [9.17, 15) is 19.6 Å². The van der Waals surface area contributed by atoms with Gasteiger partial charge in [-0.05, 0) is 68.7 Å². The van der Waals surface area contributed by atoms with Gasteiger partial charge < -0.3 is 33.3 Å². The quantitative estimate of drug-likeness (QED) is 0.0648. The summed E-state index contributed by atoms with van der Waals surface area (Å²) >= 11 is 0. The Hall–Kier alpha value is -4.87. The molecule has 0 spiro atoms. The second kappa shape index (κ2) is 20.0. The lowest BCUT2D eigenvalue weighted by molar-refractivity contribution is -0.122. The smallest absolute Gasteiger partial charge is 0.330 e. The van der Waals surface area contributed by atoms with Crippen LogP contribution in [0.2, 0.25) is 0 Å². The molecule has 3 aromatic carbocycles. The average Bonchev–Trinajstić information content (AvgIpc) is 3.53. The van der Waals surface area contributed by atoms with Crippen LogP contribution in [0.25, 0.3) is 0 Å². The minimum Gasteiger partial charge on any atom is -0.497 e. The van der Waals surface area contributed by atoms with Gasteiger partial charge in [-0.1, -0.05) is 61.5 Å². The van der Waals surface area contributed by atoms with E-state index >= 15 is 0 Å². The first kappa shape index (κ1) is 43.3. The van der Waals surface area contributed by atoms with E-state index < -0.39 is 49.9 Å². The van der Waals surface area contributed by atoms with Crippen LogP contribution in [-0.2, 0) is 28.9 Å². The second-order valence-corrected chi connectivity index (χ2v) is 15.4. The molecule has 0 radical (unpaired) electrons. The normalized spacial score (nSPS) is 18.8. The molecule has 2 heterocycles. The molecule has 1 aromatic heterocycles. The van der Waals surface area contributed by atoms with Crippen molar-refractivity contribution in [3.63, 3.8) is 0 Å². The number of hydrogen-bond donors (Lipinski definition) is 2. The van der Waals surface area contributed by atoms with Crippen molar-refractivity contribution in [2.45, 2.75) is 89.6 Å². The largest absolute Gasteiger partial charge is 0.497 e. The lowest BCUT2D eigenvalue weighted by Gasteiger charge is -2.39. The Bertz CT molecular complexity index is 2000. The number of nitrogens with zero attached hydrogens (tertiary/aromatic N) is 3. The van der Waals surface area contributed by atoms with Crippen LogP contribution in [0.1, 0.15) is 70.4 Å². The van der Waals surface area contributed by atoms with Gasteiger partial charge in [-0.25, -0.2) is 9.46 Å². The summed E-state index contributed by atoms with van der Waals surface area (Å²) in [5.41, 5.74) is -0.162. The highest BCUT2D eigenvalue weighted by Crippen LogP contribution is 2.51. The highest BCUT2D eigenvalue weighted by Gasteiger charge is 2.51. The standard InChI is InChI=1S/C42H52N5O9P/c1-8-36(48)44-38-39(56-57(54-26-12-24-43)47(28(2)3)29(4)5)35(55-40(38)46-25-23-37(49)45-41(46)50)27-53-42(30-13-10-9-11-14-30,31-15-19-33(51-6)20-16-31)32-17-21-34(52-7)22-18-32/h9-11,13-23,25,28-29,35,38-40H,8,12,26-27H2,1-7H3,(H,44,48)(H,45,49,50)/t35-,38-,39-,40-,57?/m1/s1. The van der Waals surface area contributed by atoms with Gasteiger partial charge in [0.2, 0.25) is 5.91 Å². The van der Waals surface area contributed by atoms with Gasteiger partial charge in [0.05, 0.1) is 39.9 Å². The molecule has 1 unspecified atom stereocenters. The molecule has 1 saturated heterocycles. The number of carbonyl (C=O) groups is 1. The molecular formula is C42H52N5O9P. The first-order chi connectivity index (χ1) is 27.5. The van der Waals surface area contributed by atoms with Crippen molar-refractivity contribution >= 4 is 14.4 Å². The van der Waals surface area contributed by atoms with Crippen LogP contribution in [0.4, 0.5) is 0 Å². The number of hydrogen-bond acceptors (Lipinski definition) is 11. The molecule has 57 heavy (non-hydrogen) atoms. The molecule has 0 aliphatic carbocycles. The van der Waals surface area contributed by atoms with E-state index in [1.807, 2.05) is 107 Å². The summed E-state index contributed by atoms with van der Waals surface area (Å²) in [6.07, 6.45) is -1.41. The predicted octanol–water partition coefficient (Wildman–Crippen LogP) is 6.02. The SMILES string of the molecule is CCC(=O)N[C@@H]1[C@H](OP(OCCC#N)N(C(C)C)C(C)C)[C@@H](COC(c2ccccc2)(c2ccc(OC)cc2)c2ccc(OC)cc2)O[C@H]1n1ccc(=O)[nH]c1=O. The number of ether oxygens (including phenoxy) is 4. The lowest BCUT2D eigenvalue weighted by atomic mass is 9.80. The molecule has 2 N–H and O–H groups in total. The number of aromatic amines is 1. The number of nitrogens with one attached hydrogen (secondary N) is 2. The van der Waals surface area contributed by atoms with Gasteiger partial charge in [0.15, 0.2) is 6.23 Å². The van der Waals surface area contributed by atoms with Crippen LogP contribution in [-0.4, -0.2) is 77.9 Å². The van der Waals surface area contributed by atoms with Crippen LogP contribution in [0.15, 0.2) is 101 Å². The van der Waals surface area contributed by atoms with Crippen molar-refractivity contribution in [1.29, 1.82) is 5.26 Å². The van der Waals surface area contributed by atoms with E-state index in [1.165, 1.54) is 16.8 Å².